The molecule has 0 fully saturated rings. The fraction of sp³-hybridized carbons (Fsp3) is 0.444. The molecule has 2 rings (SSSR count). The van der Waals surface area contributed by atoms with Gasteiger partial charge in [-0.2, -0.15) is 5.26 Å². The third kappa shape index (κ3) is 2.85. The van der Waals surface area contributed by atoms with Crippen molar-refractivity contribution in [2.24, 2.45) is 0 Å². The molecule has 0 aliphatic rings. The molecular weight excluding hydrogens is 262 g/mol. The minimum absolute atomic E-state index is 0.0167. The predicted octanol–water partition coefficient (Wildman–Crippen LogP) is 4.26. The van der Waals surface area contributed by atoms with E-state index in [2.05, 4.69) is 47.6 Å². The van der Waals surface area contributed by atoms with Crippen molar-refractivity contribution in [1.29, 1.82) is 5.26 Å². The van der Waals surface area contributed by atoms with Crippen LogP contribution in [0.3, 0.4) is 0 Å². The van der Waals surface area contributed by atoms with E-state index in [0.29, 0.717) is 5.58 Å². The van der Waals surface area contributed by atoms with Crippen LogP contribution >= 0.6 is 0 Å². The Bertz CT molecular complexity index is 793. The first kappa shape index (κ1) is 15.3. The summed E-state index contributed by atoms with van der Waals surface area (Å²) in [7, 11) is 0. The zero-order chi connectivity index (χ0) is 16.0. The van der Waals surface area contributed by atoms with Gasteiger partial charge in [0.1, 0.15) is 17.2 Å². The summed E-state index contributed by atoms with van der Waals surface area (Å²) in [6.07, 6.45) is 0. The SMILES string of the molecule is CC(C)(C)c1cc(C(C)(C)C)c2oc(=O)c(C#N)cc2c1. The topological polar surface area (TPSA) is 54.0 Å². The van der Waals surface area contributed by atoms with Crippen molar-refractivity contribution in [3.05, 3.63) is 45.3 Å². The van der Waals surface area contributed by atoms with Gasteiger partial charge in [-0.05, 0) is 28.5 Å². The fourth-order valence-corrected chi connectivity index (χ4v) is 2.30. The summed E-state index contributed by atoms with van der Waals surface area (Å²) in [4.78, 5) is 11.8. The molecule has 3 nitrogen and oxygen atoms in total. The minimum atomic E-state index is -0.570. The molecule has 3 heteroatoms. The van der Waals surface area contributed by atoms with E-state index in [1.165, 1.54) is 0 Å². The van der Waals surface area contributed by atoms with Gasteiger partial charge in [0.15, 0.2) is 0 Å². The smallest absolute Gasteiger partial charge is 0.354 e. The third-order valence-corrected chi connectivity index (χ3v) is 3.63. The second kappa shape index (κ2) is 4.73. The van der Waals surface area contributed by atoms with Gasteiger partial charge >= 0.3 is 5.63 Å². The summed E-state index contributed by atoms with van der Waals surface area (Å²) in [6.45, 7) is 12.7. The Morgan fingerprint density at radius 2 is 1.62 bits per heavy atom. The summed E-state index contributed by atoms with van der Waals surface area (Å²) in [5.74, 6) is 0. The molecule has 0 unspecified atom stereocenters. The quantitative estimate of drug-likeness (QED) is 0.679. The molecule has 0 aliphatic heterocycles. The Morgan fingerprint density at radius 3 is 2.10 bits per heavy atom. The predicted molar refractivity (Wildman–Crippen MR) is 84.6 cm³/mol. The zero-order valence-electron chi connectivity index (χ0n) is 13.5. The van der Waals surface area contributed by atoms with Crippen LogP contribution in [0.4, 0.5) is 0 Å². The lowest BCUT2D eigenvalue weighted by atomic mass is 9.79. The Balaban J connectivity index is 2.96. The Hall–Kier alpha value is -2.08. The summed E-state index contributed by atoms with van der Waals surface area (Å²) < 4.78 is 5.43. The summed E-state index contributed by atoms with van der Waals surface area (Å²) in [5.41, 5.74) is 2.05. The highest BCUT2D eigenvalue weighted by atomic mass is 16.4. The molecule has 0 N–H and O–H groups in total. The molecule has 0 bridgehead atoms. The van der Waals surface area contributed by atoms with Gasteiger partial charge in [-0.15, -0.1) is 0 Å². The summed E-state index contributed by atoms with van der Waals surface area (Å²) >= 11 is 0. The molecule has 1 aromatic carbocycles. The Morgan fingerprint density at radius 1 is 1.00 bits per heavy atom. The van der Waals surface area contributed by atoms with Crippen LogP contribution in [0.2, 0.25) is 0 Å². The molecule has 0 spiro atoms. The average molecular weight is 283 g/mol. The van der Waals surface area contributed by atoms with Crippen LogP contribution in [0, 0.1) is 11.3 Å². The van der Waals surface area contributed by atoms with E-state index < -0.39 is 5.63 Å². The van der Waals surface area contributed by atoms with E-state index in [0.717, 1.165) is 16.5 Å². The van der Waals surface area contributed by atoms with Gasteiger partial charge in [-0.3, -0.25) is 0 Å². The van der Waals surface area contributed by atoms with Crippen LogP contribution in [0.25, 0.3) is 11.0 Å². The van der Waals surface area contributed by atoms with E-state index in [1.807, 2.05) is 12.1 Å². The first-order valence-corrected chi connectivity index (χ1v) is 7.07. The number of nitrogens with zero attached hydrogens (tertiary/aromatic N) is 1. The highest BCUT2D eigenvalue weighted by Gasteiger charge is 2.24. The normalized spacial score (nSPS) is 12.4. The summed E-state index contributed by atoms with van der Waals surface area (Å²) in [5, 5.41) is 9.84. The highest BCUT2D eigenvalue weighted by molar-refractivity contribution is 5.83. The second-order valence-corrected chi connectivity index (χ2v) is 7.50. The maximum atomic E-state index is 11.8. The first-order chi connectivity index (χ1) is 9.54. The van der Waals surface area contributed by atoms with E-state index in [9.17, 15) is 4.79 Å². The molecule has 110 valence electrons. The molecular formula is C18H21NO2. The van der Waals surface area contributed by atoms with Crippen molar-refractivity contribution in [2.75, 3.05) is 0 Å². The van der Waals surface area contributed by atoms with Gasteiger partial charge in [-0.1, -0.05) is 47.6 Å². The molecule has 21 heavy (non-hydrogen) atoms. The maximum absolute atomic E-state index is 11.8. The van der Waals surface area contributed by atoms with Crippen LogP contribution in [-0.2, 0) is 10.8 Å². The van der Waals surface area contributed by atoms with Crippen LogP contribution in [0.1, 0.15) is 58.2 Å². The molecule has 0 atom stereocenters. The zero-order valence-corrected chi connectivity index (χ0v) is 13.5. The molecule has 1 aromatic heterocycles. The number of rotatable bonds is 0. The van der Waals surface area contributed by atoms with Crippen LogP contribution in [-0.4, -0.2) is 0 Å². The average Bonchev–Trinajstić information content (AvgIpc) is 2.34. The van der Waals surface area contributed by atoms with Crippen molar-refractivity contribution in [3.63, 3.8) is 0 Å². The van der Waals surface area contributed by atoms with Gasteiger partial charge in [0.05, 0.1) is 0 Å². The minimum Gasteiger partial charge on any atom is -0.421 e. The maximum Gasteiger partial charge on any atom is 0.354 e. The number of hydrogen-bond donors (Lipinski definition) is 0. The molecule has 2 aromatic rings. The van der Waals surface area contributed by atoms with Crippen molar-refractivity contribution >= 4 is 11.0 Å². The lowest BCUT2D eigenvalue weighted by Crippen LogP contribution is -2.18. The van der Waals surface area contributed by atoms with E-state index in [4.69, 9.17) is 9.68 Å². The van der Waals surface area contributed by atoms with Crippen molar-refractivity contribution in [1.82, 2.24) is 0 Å². The fourth-order valence-electron chi connectivity index (χ4n) is 2.30. The molecule has 0 radical (unpaired) electrons. The van der Waals surface area contributed by atoms with E-state index in [1.54, 1.807) is 6.07 Å². The largest absolute Gasteiger partial charge is 0.421 e. The van der Waals surface area contributed by atoms with Crippen molar-refractivity contribution in [2.45, 2.75) is 52.4 Å². The summed E-state index contributed by atoms with van der Waals surface area (Å²) in [6, 6.07) is 7.64. The second-order valence-electron chi connectivity index (χ2n) is 7.50. The third-order valence-electron chi connectivity index (χ3n) is 3.63. The number of benzene rings is 1. The van der Waals surface area contributed by atoms with Crippen LogP contribution in [0.5, 0.6) is 0 Å². The van der Waals surface area contributed by atoms with Crippen molar-refractivity contribution < 1.29 is 4.42 Å². The molecule has 1 heterocycles. The van der Waals surface area contributed by atoms with Crippen LogP contribution in [0.15, 0.2) is 27.4 Å². The van der Waals surface area contributed by atoms with Crippen LogP contribution < -0.4 is 5.63 Å². The number of nitriles is 1. The Labute approximate surface area is 125 Å². The van der Waals surface area contributed by atoms with Gasteiger partial charge in [-0.25, -0.2) is 4.79 Å². The Kier molecular flexibility index (Phi) is 3.45. The van der Waals surface area contributed by atoms with Crippen molar-refractivity contribution in [3.8, 4) is 6.07 Å². The van der Waals surface area contributed by atoms with Gasteiger partial charge in [0.25, 0.3) is 0 Å². The standard InChI is InChI=1S/C18H21NO2/c1-17(2,3)13-8-11-7-12(10-19)16(20)21-15(11)14(9-13)18(4,5)6/h7-9H,1-6H3. The monoisotopic (exact) mass is 283 g/mol. The van der Waals surface area contributed by atoms with Gasteiger partial charge < -0.3 is 4.42 Å². The van der Waals surface area contributed by atoms with Gasteiger partial charge in [0.2, 0.25) is 0 Å². The molecule has 0 saturated carbocycles. The van der Waals surface area contributed by atoms with E-state index in [-0.39, 0.29) is 16.4 Å². The molecule has 0 amide bonds. The lowest BCUT2D eigenvalue weighted by molar-refractivity contribution is 0.524. The first-order valence-electron chi connectivity index (χ1n) is 7.07. The molecule has 0 aliphatic carbocycles. The number of fused-ring (bicyclic) bond motifs is 1. The van der Waals surface area contributed by atoms with Gasteiger partial charge in [0, 0.05) is 10.9 Å². The van der Waals surface area contributed by atoms with E-state index >= 15 is 0 Å². The number of hydrogen-bond acceptors (Lipinski definition) is 3. The lowest BCUT2D eigenvalue weighted by Gasteiger charge is -2.25. The highest BCUT2D eigenvalue weighted by Crippen LogP contribution is 2.34. The molecule has 0 saturated heterocycles.